The summed E-state index contributed by atoms with van der Waals surface area (Å²) in [5.41, 5.74) is 2.88. The molecule has 0 unspecified atom stereocenters. The smallest absolute Gasteiger partial charge is 0.226 e. The van der Waals surface area contributed by atoms with Gasteiger partial charge in [-0.15, -0.1) is 11.3 Å². The minimum Gasteiger partial charge on any atom is -0.352 e. The van der Waals surface area contributed by atoms with Gasteiger partial charge < -0.3 is 10.6 Å². The highest BCUT2D eigenvalue weighted by Gasteiger charge is 2.08. The fourth-order valence-corrected chi connectivity index (χ4v) is 2.81. The molecule has 1 amide bonds. The van der Waals surface area contributed by atoms with Gasteiger partial charge in [0.05, 0.1) is 12.1 Å². The first-order valence-electron chi connectivity index (χ1n) is 7.49. The first-order valence-corrected chi connectivity index (χ1v) is 8.37. The van der Waals surface area contributed by atoms with E-state index in [1.165, 1.54) is 11.3 Å². The van der Waals surface area contributed by atoms with Crippen molar-refractivity contribution in [2.24, 2.45) is 0 Å². The van der Waals surface area contributed by atoms with Crippen LogP contribution in [0, 0.1) is 6.92 Å². The summed E-state index contributed by atoms with van der Waals surface area (Å²) in [4.78, 5) is 24.6. The zero-order chi connectivity index (χ0) is 16.8. The predicted octanol–water partition coefficient (Wildman–Crippen LogP) is 2.84. The molecule has 3 aromatic heterocycles. The Morgan fingerprint density at radius 1 is 1.21 bits per heavy atom. The van der Waals surface area contributed by atoms with Gasteiger partial charge in [-0.2, -0.15) is 0 Å². The number of thiazole rings is 1. The van der Waals surface area contributed by atoms with Crippen LogP contribution >= 0.6 is 11.3 Å². The van der Waals surface area contributed by atoms with Gasteiger partial charge in [-0.25, -0.2) is 9.97 Å². The van der Waals surface area contributed by atoms with E-state index in [9.17, 15) is 4.79 Å². The molecule has 122 valence electrons. The summed E-state index contributed by atoms with van der Waals surface area (Å²) in [6, 6.07) is 7.63. The van der Waals surface area contributed by atoms with Crippen molar-refractivity contribution in [2.75, 3.05) is 5.32 Å². The average Bonchev–Trinajstić information content (AvgIpc) is 3.01. The summed E-state index contributed by atoms with van der Waals surface area (Å²) in [5.74, 6) is 0.690. The number of carbonyl (C=O) groups is 1. The van der Waals surface area contributed by atoms with Crippen molar-refractivity contribution in [3.8, 4) is 0 Å². The maximum Gasteiger partial charge on any atom is 0.226 e. The van der Waals surface area contributed by atoms with Crippen LogP contribution in [0.5, 0.6) is 0 Å². The average molecular weight is 339 g/mol. The van der Waals surface area contributed by atoms with Crippen LogP contribution < -0.4 is 10.6 Å². The number of pyridine rings is 2. The standard InChI is InChI=1S/C17H17N5OS/c1-12-2-7-19-15(8-12)22-17-21-14(11-24-17)9-16(23)20-10-13-3-5-18-6-4-13/h2-8,11H,9-10H2,1H3,(H,20,23)(H,19,21,22). The maximum atomic E-state index is 12.0. The number of anilines is 2. The summed E-state index contributed by atoms with van der Waals surface area (Å²) >= 11 is 1.46. The summed E-state index contributed by atoms with van der Waals surface area (Å²) < 4.78 is 0. The van der Waals surface area contributed by atoms with Gasteiger partial charge in [0.2, 0.25) is 5.91 Å². The van der Waals surface area contributed by atoms with Crippen LogP contribution in [0.15, 0.2) is 48.2 Å². The molecule has 0 saturated carbocycles. The van der Waals surface area contributed by atoms with Gasteiger partial charge in [-0.05, 0) is 42.3 Å². The van der Waals surface area contributed by atoms with Crippen LogP contribution in [0.4, 0.5) is 10.9 Å². The summed E-state index contributed by atoms with van der Waals surface area (Å²) in [5, 5.41) is 8.64. The minimum absolute atomic E-state index is 0.0580. The zero-order valence-electron chi connectivity index (χ0n) is 13.2. The number of carbonyl (C=O) groups excluding carboxylic acids is 1. The Morgan fingerprint density at radius 3 is 2.83 bits per heavy atom. The van der Waals surface area contributed by atoms with E-state index in [0.29, 0.717) is 6.54 Å². The second-order valence-electron chi connectivity index (χ2n) is 5.30. The van der Waals surface area contributed by atoms with Crippen molar-refractivity contribution in [1.29, 1.82) is 0 Å². The lowest BCUT2D eigenvalue weighted by atomic mass is 10.2. The topological polar surface area (TPSA) is 79.8 Å². The Kier molecular flexibility index (Phi) is 5.12. The third kappa shape index (κ3) is 4.60. The lowest BCUT2D eigenvalue weighted by Gasteiger charge is -2.04. The second-order valence-corrected chi connectivity index (χ2v) is 6.15. The van der Waals surface area contributed by atoms with Crippen molar-refractivity contribution >= 4 is 28.2 Å². The van der Waals surface area contributed by atoms with Crippen LogP contribution in [0.3, 0.4) is 0 Å². The van der Waals surface area contributed by atoms with E-state index in [0.717, 1.165) is 27.8 Å². The lowest BCUT2D eigenvalue weighted by molar-refractivity contribution is -0.120. The Hall–Kier alpha value is -2.80. The second kappa shape index (κ2) is 7.65. The van der Waals surface area contributed by atoms with Crippen molar-refractivity contribution in [3.05, 3.63) is 65.1 Å². The van der Waals surface area contributed by atoms with Gasteiger partial charge in [-0.1, -0.05) is 0 Å². The molecule has 0 aromatic carbocycles. The Morgan fingerprint density at radius 2 is 2.04 bits per heavy atom. The highest BCUT2D eigenvalue weighted by Crippen LogP contribution is 2.20. The third-order valence-corrected chi connectivity index (χ3v) is 4.09. The van der Waals surface area contributed by atoms with E-state index >= 15 is 0 Å². The molecule has 0 spiro atoms. The minimum atomic E-state index is -0.0580. The van der Waals surface area contributed by atoms with Gasteiger partial charge in [0.1, 0.15) is 5.82 Å². The van der Waals surface area contributed by atoms with E-state index in [4.69, 9.17) is 0 Å². The molecule has 0 radical (unpaired) electrons. The zero-order valence-corrected chi connectivity index (χ0v) is 14.0. The van der Waals surface area contributed by atoms with Gasteiger partial charge in [0.15, 0.2) is 5.13 Å². The van der Waals surface area contributed by atoms with Gasteiger partial charge in [-0.3, -0.25) is 9.78 Å². The number of amides is 1. The van der Waals surface area contributed by atoms with Crippen LogP contribution in [0.1, 0.15) is 16.8 Å². The quantitative estimate of drug-likeness (QED) is 0.722. The normalized spacial score (nSPS) is 10.4. The monoisotopic (exact) mass is 339 g/mol. The number of nitrogens with zero attached hydrogens (tertiary/aromatic N) is 3. The highest BCUT2D eigenvalue weighted by molar-refractivity contribution is 7.13. The molecule has 0 atom stereocenters. The Bertz CT molecular complexity index is 819. The number of hydrogen-bond acceptors (Lipinski definition) is 6. The molecular formula is C17H17N5OS. The van der Waals surface area contributed by atoms with E-state index < -0.39 is 0 Å². The summed E-state index contributed by atoms with van der Waals surface area (Å²) in [7, 11) is 0. The number of rotatable bonds is 6. The van der Waals surface area contributed by atoms with Gasteiger partial charge in [0.25, 0.3) is 0 Å². The molecule has 2 N–H and O–H groups in total. The molecule has 0 aliphatic heterocycles. The Labute approximate surface area is 144 Å². The SMILES string of the molecule is Cc1ccnc(Nc2nc(CC(=O)NCc3ccncc3)cs2)c1. The van der Waals surface area contributed by atoms with E-state index in [-0.39, 0.29) is 12.3 Å². The fraction of sp³-hybridized carbons (Fsp3) is 0.176. The van der Waals surface area contributed by atoms with Crippen molar-refractivity contribution in [1.82, 2.24) is 20.3 Å². The molecule has 24 heavy (non-hydrogen) atoms. The van der Waals surface area contributed by atoms with Crippen molar-refractivity contribution in [2.45, 2.75) is 19.9 Å². The molecule has 6 nitrogen and oxygen atoms in total. The number of hydrogen-bond donors (Lipinski definition) is 2. The maximum absolute atomic E-state index is 12.0. The molecule has 0 aliphatic rings. The molecule has 3 heterocycles. The first-order chi connectivity index (χ1) is 11.7. The number of aryl methyl sites for hydroxylation is 1. The summed E-state index contributed by atoms with van der Waals surface area (Å²) in [6.07, 6.45) is 5.42. The van der Waals surface area contributed by atoms with Crippen molar-refractivity contribution < 1.29 is 4.79 Å². The van der Waals surface area contributed by atoms with Crippen LogP contribution in [0.25, 0.3) is 0 Å². The van der Waals surface area contributed by atoms with Crippen LogP contribution in [-0.2, 0) is 17.8 Å². The van der Waals surface area contributed by atoms with E-state index in [1.807, 2.05) is 36.6 Å². The third-order valence-electron chi connectivity index (χ3n) is 3.28. The molecule has 0 aliphatic carbocycles. The molecule has 0 saturated heterocycles. The van der Waals surface area contributed by atoms with E-state index in [2.05, 4.69) is 25.6 Å². The number of nitrogens with one attached hydrogen (secondary N) is 2. The van der Waals surface area contributed by atoms with Crippen molar-refractivity contribution in [3.63, 3.8) is 0 Å². The van der Waals surface area contributed by atoms with Crippen LogP contribution in [0.2, 0.25) is 0 Å². The highest BCUT2D eigenvalue weighted by atomic mass is 32.1. The molecule has 0 bridgehead atoms. The van der Waals surface area contributed by atoms with E-state index in [1.54, 1.807) is 18.6 Å². The predicted molar refractivity (Wildman–Crippen MR) is 94.2 cm³/mol. The van der Waals surface area contributed by atoms with Gasteiger partial charge in [0, 0.05) is 30.5 Å². The molecule has 7 heteroatoms. The molecule has 0 fully saturated rings. The largest absolute Gasteiger partial charge is 0.352 e. The van der Waals surface area contributed by atoms with Gasteiger partial charge >= 0.3 is 0 Å². The lowest BCUT2D eigenvalue weighted by Crippen LogP contribution is -2.24. The molecule has 3 aromatic rings. The fourth-order valence-electron chi connectivity index (χ4n) is 2.09. The molecule has 3 rings (SSSR count). The Balaban J connectivity index is 1.53. The first kappa shape index (κ1) is 16.1. The molecular weight excluding hydrogens is 322 g/mol. The van der Waals surface area contributed by atoms with Crippen LogP contribution in [-0.4, -0.2) is 20.9 Å². The number of aromatic nitrogens is 3. The summed E-state index contributed by atoms with van der Waals surface area (Å²) in [6.45, 7) is 2.50.